The summed E-state index contributed by atoms with van der Waals surface area (Å²) in [5, 5.41) is 0. The fourth-order valence-corrected chi connectivity index (χ4v) is 0.776. The van der Waals surface area contributed by atoms with Gasteiger partial charge in [-0.15, -0.1) is 0 Å². The van der Waals surface area contributed by atoms with Gasteiger partial charge in [-0.2, -0.15) is 0 Å². The third kappa shape index (κ3) is 1.47. The smallest absolute Gasteiger partial charge is 0.178 e. The minimum atomic E-state index is -0.182. The standard InChI is InChI=1S/C8H8N2O2/c1-5(12)8-2-6(4-11)7(9)3-10-8/h2-4H,9H2,1H3. The largest absolute Gasteiger partial charge is 0.397 e. The number of pyridine rings is 1. The second-order valence-electron chi connectivity index (χ2n) is 2.37. The Morgan fingerprint density at radius 1 is 1.67 bits per heavy atom. The second-order valence-corrected chi connectivity index (χ2v) is 2.37. The van der Waals surface area contributed by atoms with Crippen molar-refractivity contribution >= 4 is 17.8 Å². The average molecular weight is 164 g/mol. The van der Waals surface area contributed by atoms with E-state index >= 15 is 0 Å². The number of hydrogen-bond acceptors (Lipinski definition) is 4. The monoisotopic (exact) mass is 164 g/mol. The SMILES string of the molecule is CC(=O)c1cc(C=O)c(N)cn1. The lowest BCUT2D eigenvalue weighted by molar-refractivity contribution is 0.101. The van der Waals surface area contributed by atoms with E-state index < -0.39 is 0 Å². The number of aldehydes is 1. The molecule has 0 aromatic carbocycles. The van der Waals surface area contributed by atoms with Crippen molar-refractivity contribution in [2.24, 2.45) is 0 Å². The molecule has 12 heavy (non-hydrogen) atoms. The van der Waals surface area contributed by atoms with Crippen molar-refractivity contribution in [3.63, 3.8) is 0 Å². The highest BCUT2D eigenvalue weighted by Gasteiger charge is 2.04. The average Bonchev–Trinajstić information content (AvgIpc) is 2.05. The first-order valence-corrected chi connectivity index (χ1v) is 3.37. The van der Waals surface area contributed by atoms with E-state index in [-0.39, 0.29) is 17.2 Å². The summed E-state index contributed by atoms with van der Waals surface area (Å²) in [7, 11) is 0. The second kappa shape index (κ2) is 3.13. The van der Waals surface area contributed by atoms with Crippen LogP contribution in [0.2, 0.25) is 0 Å². The summed E-state index contributed by atoms with van der Waals surface area (Å²) < 4.78 is 0. The zero-order valence-corrected chi connectivity index (χ0v) is 6.57. The fraction of sp³-hybridized carbons (Fsp3) is 0.125. The number of Topliss-reactive ketones (excluding diaryl/α,β-unsaturated/α-hetero) is 1. The first-order valence-electron chi connectivity index (χ1n) is 3.37. The van der Waals surface area contributed by atoms with Crippen molar-refractivity contribution in [3.8, 4) is 0 Å². The molecule has 0 radical (unpaired) electrons. The molecule has 0 fully saturated rings. The van der Waals surface area contributed by atoms with E-state index in [1.54, 1.807) is 0 Å². The van der Waals surface area contributed by atoms with E-state index in [1.807, 2.05) is 0 Å². The molecule has 0 saturated carbocycles. The van der Waals surface area contributed by atoms with Gasteiger partial charge in [0.05, 0.1) is 11.9 Å². The topological polar surface area (TPSA) is 73.0 Å². The van der Waals surface area contributed by atoms with Gasteiger partial charge in [-0.1, -0.05) is 0 Å². The number of anilines is 1. The Hall–Kier alpha value is -1.71. The molecule has 1 aromatic heterocycles. The number of carbonyl (C=O) groups is 2. The maximum Gasteiger partial charge on any atom is 0.178 e. The molecule has 62 valence electrons. The van der Waals surface area contributed by atoms with E-state index in [0.29, 0.717) is 11.8 Å². The molecule has 4 nitrogen and oxygen atoms in total. The number of ketones is 1. The molecule has 0 aliphatic carbocycles. The van der Waals surface area contributed by atoms with Crippen LogP contribution in [0.25, 0.3) is 0 Å². The van der Waals surface area contributed by atoms with Crippen molar-refractivity contribution in [2.75, 3.05) is 5.73 Å². The zero-order valence-electron chi connectivity index (χ0n) is 6.57. The molecule has 0 unspecified atom stereocenters. The van der Waals surface area contributed by atoms with Crippen molar-refractivity contribution in [1.82, 2.24) is 4.98 Å². The molecule has 1 heterocycles. The van der Waals surface area contributed by atoms with E-state index in [9.17, 15) is 9.59 Å². The Bertz CT molecular complexity index is 334. The Kier molecular flexibility index (Phi) is 2.19. The van der Waals surface area contributed by atoms with Crippen LogP contribution in [0.1, 0.15) is 27.8 Å². The highest BCUT2D eigenvalue weighted by atomic mass is 16.1. The van der Waals surface area contributed by atoms with Crippen LogP contribution >= 0.6 is 0 Å². The number of carbonyl (C=O) groups excluding carboxylic acids is 2. The number of nitrogens with zero attached hydrogens (tertiary/aromatic N) is 1. The lowest BCUT2D eigenvalue weighted by Gasteiger charge is -1.98. The van der Waals surface area contributed by atoms with Crippen molar-refractivity contribution in [3.05, 3.63) is 23.5 Å². The maximum absolute atomic E-state index is 10.8. The van der Waals surface area contributed by atoms with Crippen LogP contribution in [0.4, 0.5) is 5.69 Å². The Morgan fingerprint density at radius 3 is 2.83 bits per heavy atom. The summed E-state index contributed by atoms with van der Waals surface area (Å²) in [4.78, 5) is 24.9. The Balaban J connectivity index is 3.22. The number of aromatic nitrogens is 1. The molecule has 1 aromatic rings. The lowest BCUT2D eigenvalue weighted by Crippen LogP contribution is -2.01. The van der Waals surface area contributed by atoms with Crippen LogP contribution in [0.15, 0.2) is 12.3 Å². The van der Waals surface area contributed by atoms with Gasteiger partial charge in [-0.3, -0.25) is 14.6 Å². The number of nitrogen functional groups attached to an aromatic ring is 1. The Morgan fingerprint density at radius 2 is 2.33 bits per heavy atom. The van der Waals surface area contributed by atoms with Crippen LogP contribution < -0.4 is 5.73 Å². The van der Waals surface area contributed by atoms with Gasteiger partial charge < -0.3 is 5.73 Å². The van der Waals surface area contributed by atoms with Crippen molar-refractivity contribution in [2.45, 2.75) is 6.92 Å². The van der Waals surface area contributed by atoms with Gasteiger partial charge in [-0.25, -0.2) is 0 Å². The number of nitrogens with two attached hydrogens (primary N) is 1. The summed E-state index contributed by atoms with van der Waals surface area (Å²) >= 11 is 0. The highest BCUT2D eigenvalue weighted by Crippen LogP contribution is 2.08. The summed E-state index contributed by atoms with van der Waals surface area (Å²) in [6.07, 6.45) is 1.91. The third-order valence-corrected chi connectivity index (χ3v) is 1.46. The van der Waals surface area contributed by atoms with Crippen molar-refractivity contribution in [1.29, 1.82) is 0 Å². The maximum atomic E-state index is 10.8. The van der Waals surface area contributed by atoms with Crippen LogP contribution in [0, 0.1) is 0 Å². The molecule has 0 saturated heterocycles. The van der Waals surface area contributed by atoms with E-state index in [0.717, 1.165) is 0 Å². The predicted molar refractivity (Wildman–Crippen MR) is 44.0 cm³/mol. The molecule has 0 bridgehead atoms. The number of hydrogen-bond donors (Lipinski definition) is 1. The molecule has 4 heteroatoms. The van der Waals surface area contributed by atoms with Gasteiger partial charge in [0.2, 0.25) is 0 Å². The highest BCUT2D eigenvalue weighted by molar-refractivity contribution is 5.95. The van der Waals surface area contributed by atoms with Gasteiger partial charge in [0.25, 0.3) is 0 Å². The Labute approximate surface area is 69.4 Å². The van der Waals surface area contributed by atoms with E-state index in [4.69, 9.17) is 5.73 Å². The fourth-order valence-electron chi connectivity index (χ4n) is 0.776. The van der Waals surface area contributed by atoms with E-state index in [2.05, 4.69) is 4.98 Å². The zero-order chi connectivity index (χ0) is 9.14. The summed E-state index contributed by atoms with van der Waals surface area (Å²) in [5.41, 5.74) is 6.24. The van der Waals surface area contributed by atoms with Gasteiger partial charge in [0.15, 0.2) is 12.1 Å². The summed E-state index contributed by atoms with van der Waals surface area (Å²) in [5.74, 6) is -0.182. The quantitative estimate of drug-likeness (QED) is 0.515. The minimum absolute atomic E-state index is 0.182. The summed E-state index contributed by atoms with van der Waals surface area (Å²) in [6.45, 7) is 1.38. The molecule has 0 aliphatic heterocycles. The molecule has 2 N–H and O–H groups in total. The number of rotatable bonds is 2. The first kappa shape index (κ1) is 8.39. The predicted octanol–water partition coefficient (Wildman–Crippen LogP) is 0.679. The van der Waals surface area contributed by atoms with Crippen molar-refractivity contribution < 1.29 is 9.59 Å². The van der Waals surface area contributed by atoms with Crippen LogP contribution in [0.3, 0.4) is 0 Å². The lowest BCUT2D eigenvalue weighted by atomic mass is 10.2. The third-order valence-electron chi connectivity index (χ3n) is 1.46. The molecule has 0 amide bonds. The van der Waals surface area contributed by atoms with Gasteiger partial charge in [0.1, 0.15) is 5.69 Å². The van der Waals surface area contributed by atoms with Crippen LogP contribution in [0.5, 0.6) is 0 Å². The van der Waals surface area contributed by atoms with Gasteiger partial charge in [0, 0.05) is 12.5 Å². The minimum Gasteiger partial charge on any atom is -0.397 e. The van der Waals surface area contributed by atoms with Crippen LogP contribution in [-0.4, -0.2) is 17.1 Å². The van der Waals surface area contributed by atoms with Gasteiger partial charge >= 0.3 is 0 Å². The summed E-state index contributed by atoms with van der Waals surface area (Å²) in [6, 6.07) is 1.38. The van der Waals surface area contributed by atoms with E-state index in [1.165, 1.54) is 19.2 Å². The molecular weight excluding hydrogens is 156 g/mol. The molecule has 0 atom stereocenters. The first-order chi connectivity index (χ1) is 5.65. The molecule has 0 spiro atoms. The van der Waals surface area contributed by atoms with Crippen LogP contribution in [-0.2, 0) is 0 Å². The molecule has 0 aliphatic rings. The van der Waals surface area contributed by atoms with Gasteiger partial charge in [-0.05, 0) is 6.07 Å². The normalized spacial score (nSPS) is 9.42. The molecular formula is C8H8N2O2. The molecule has 1 rings (SSSR count).